The molecule has 0 amide bonds. The summed E-state index contributed by atoms with van der Waals surface area (Å²) in [5, 5.41) is 9.72. The Labute approximate surface area is 331 Å². The zero-order chi connectivity index (χ0) is 38.6. The van der Waals surface area contributed by atoms with Crippen molar-refractivity contribution >= 4 is 17.2 Å². The molecule has 6 aromatic carbocycles. The maximum atomic E-state index is 12.7. The molecule has 0 spiro atoms. The number of benzene rings is 6. The second-order valence-electron chi connectivity index (χ2n) is 15.4. The fraction of sp³-hybridized carbons (Fsp3) is 0.220. The molecule has 2 saturated heterocycles. The van der Waals surface area contributed by atoms with Crippen LogP contribution in [0.3, 0.4) is 0 Å². The fourth-order valence-corrected chi connectivity index (χ4v) is 8.22. The number of ketones is 1. The van der Waals surface area contributed by atoms with Gasteiger partial charge in [0.15, 0.2) is 5.78 Å². The summed E-state index contributed by atoms with van der Waals surface area (Å²) in [6.45, 7) is 7.66. The van der Waals surface area contributed by atoms with Crippen LogP contribution in [0.15, 0.2) is 151 Å². The number of allylic oxidation sites excluding steroid dienone is 2. The molecule has 0 saturated carbocycles. The maximum Gasteiger partial charge on any atom is 0.159 e. The van der Waals surface area contributed by atoms with Crippen LogP contribution in [0.5, 0.6) is 0 Å². The molecule has 8 rings (SSSR count). The molecular weight excluding hydrogens is 689 g/mol. The van der Waals surface area contributed by atoms with E-state index < -0.39 is 0 Å². The Morgan fingerprint density at radius 2 is 0.929 bits per heavy atom. The second-order valence-corrected chi connectivity index (χ2v) is 15.4. The molecule has 2 aliphatic heterocycles. The normalized spacial score (nSPS) is 15.2. The first-order chi connectivity index (χ1) is 27.3. The monoisotopic (exact) mass is 738 g/mol. The highest BCUT2D eigenvalue weighted by atomic mass is 16.3. The van der Waals surface area contributed by atoms with Crippen molar-refractivity contribution < 1.29 is 9.90 Å². The van der Waals surface area contributed by atoms with Gasteiger partial charge in [-0.2, -0.15) is 0 Å². The van der Waals surface area contributed by atoms with Gasteiger partial charge >= 0.3 is 0 Å². The van der Waals surface area contributed by atoms with Crippen molar-refractivity contribution in [3.63, 3.8) is 0 Å². The van der Waals surface area contributed by atoms with Crippen molar-refractivity contribution in [2.24, 2.45) is 0 Å². The Balaban J connectivity index is 1.23. The average molecular weight is 739 g/mol. The van der Waals surface area contributed by atoms with Gasteiger partial charge in [0.25, 0.3) is 0 Å². The standard InChI is InChI=1S/C50H50N4O2/c1-36(55)30-45(56)25-20-37-10-4-5-11-46(37)40-31-41(49-14-8-6-12-47(49)38-16-21-43(22-17-38)53-28-26-51(2)34-53)33-42(32-40)50-15-9-7-13-48(50)39-18-23-44(24-19-39)54-29-27-52(3)35-54/h4-19,21-24,30-33,55H,20,25-29,34-35H2,1-3H3. The Morgan fingerprint density at radius 1 is 0.536 bits per heavy atom. The molecule has 0 aromatic heterocycles. The first-order valence-electron chi connectivity index (χ1n) is 19.7. The lowest BCUT2D eigenvalue weighted by atomic mass is 9.86. The molecule has 1 N–H and O–H groups in total. The topological polar surface area (TPSA) is 50.3 Å². The number of anilines is 2. The number of hydrogen-bond acceptors (Lipinski definition) is 6. The van der Waals surface area contributed by atoms with Crippen molar-refractivity contribution in [1.82, 2.24) is 9.80 Å². The van der Waals surface area contributed by atoms with E-state index in [-0.39, 0.29) is 11.5 Å². The van der Waals surface area contributed by atoms with Crippen molar-refractivity contribution in [3.05, 3.63) is 157 Å². The van der Waals surface area contributed by atoms with E-state index in [4.69, 9.17) is 0 Å². The summed E-state index contributed by atoms with van der Waals surface area (Å²) in [5.41, 5.74) is 15.1. The minimum absolute atomic E-state index is 0.0366. The molecule has 0 aliphatic carbocycles. The molecule has 0 bridgehead atoms. The largest absolute Gasteiger partial charge is 0.512 e. The van der Waals surface area contributed by atoms with Crippen LogP contribution in [-0.2, 0) is 11.2 Å². The number of carbonyl (C=O) groups is 1. The van der Waals surface area contributed by atoms with E-state index in [0.717, 1.165) is 78.5 Å². The summed E-state index contributed by atoms with van der Waals surface area (Å²) in [4.78, 5) is 22.2. The van der Waals surface area contributed by atoms with E-state index in [1.54, 1.807) is 0 Å². The van der Waals surface area contributed by atoms with Crippen LogP contribution in [-0.4, -0.2) is 74.3 Å². The zero-order valence-corrected chi connectivity index (χ0v) is 32.7. The molecule has 2 fully saturated rings. The van der Waals surface area contributed by atoms with Crippen LogP contribution >= 0.6 is 0 Å². The predicted molar refractivity (Wildman–Crippen MR) is 233 cm³/mol. The lowest BCUT2D eigenvalue weighted by Gasteiger charge is -2.20. The second kappa shape index (κ2) is 16.4. The van der Waals surface area contributed by atoms with Crippen molar-refractivity contribution in [2.75, 3.05) is 63.4 Å². The van der Waals surface area contributed by atoms with Gasteiger partial charge in [-0.1, -0.05) is 97.1 Å². The number of aliphatic hydroxyl groups excluding tert-OH is 1. The molecule has 2 heterocycles. The van der Waals surface area contributed by atoms with E-state index in [1.807, 2.05) is 6.07 Å². The molecule has 6 nitrogen and oxygen atoms in total. The first-order valence-corrected chi connectivity index (χ1v) is 19.7. The van der Waals surface area contributed by atoms with Crippen molar-refractivity contribution in [3.8, 4) is 55.6 Å². The summed E-state index contributed by atoms with van der Waals surface area (Å²) in [6, 6.07) is 50.8. The van der Waals surface area contributed by atoms with E-state index >= 15 is 0 Å². The lowest BCUT2D eigenvalue weighted by molar-refractivity contribution is -0.114. The van der Waals surface area contributed by atoms with E-state index in [0.29, 0.717) is 12.8 Å². The Bertz CT molecular complexity index is 2240. The summed E-state index contributed by atoms with van der Waals surface area (Å²) in [5.74, 6) is -0.0443. The van der Waals surface area contributed by atoms with Crippen LogP contribution < -0.4 is 9.80 Å². The molecule has 0 radical (unpaired) electrons. The van der Waals surface area contributed by atoms with Gasteiger partial charge in [-0.25, -0.2) is 0 Å². The number of aliphatic hydroxyl groups is 1. The highest BCUT2D eigenvalue weighted by Crippen LogP contribution is 2.41. The predicted octanol–water partition coefficient (Wildman–Crippen LogP) is 10.4. The number of rotatable bonds is 11. The van der Waals surface area contributed by atoms with Gasteiger partial charge in [0.1, 0.15) is 0 Å². The highest BCUT2D eigenvalue weighted by Gasteiger charge is 2.20. The summed E-state index contributed by atoms with van der Waals surface area (Å²) < 4.78 is 0. The highest BCUT2D eigenvalue weighted by molar-refractivity contribution is 5.93. The third-order valence-corrected chi connectivity index (χ3v) is 11.2. The summed E-state index contributed by atoms with van der Waals surface area (Å²) in [6.07, 6.45) is 2.21. The fourth-order valence-electron chi connectivity index (χ4n) is 8.22. The van der Waals surface area contributed by atoms with Crippen LogP contribution in [0.4, 0.5) is 11.4 Å². The Kier molecular flexibility index (Phi) is 10.8. The third-order valence-electron chi connectivity index (χ3n) is 11.2. The van der Waals surface area contributed by atoms with Gasteiger partial charge in [0.2, 0.25) is 0 Å². The molecule has 56 heavy (non-hydrogen) atoms. The van der Waals surface area contributed by atoms with Gasteiger partial charge in [-0.3, -0.25) is 14.6 Å². The Morgan fingerprint density at radius 3 is 1.34 bits per heavy atom. The quantitative estimate of drug-likeness (QED) is 0.106. The zero-order valence-electron chi connectivity index (χ0n) is 32.7. The summed E-state index contributed by atoms with van der Waals surface area (Å²) >= 11 is 0. The molecule has 0 atom stereocenters. The van der Waals surface area contributed by atoms with Crippen LogP contribution in [0.2, 0.25) is 0 Å². The third kappa shape index (κ3) is 8.18. The van der Waals surface area contributed by atoms with E-state index in [1.165, 1.54) is 46.6 Å². The van der Waals surface area contributed by atoms with Gasteiger partial charge < -0.3 is 14.9 Å². The van der Waals surface area contributed by atoms with Crippen molar-refractivity contribution in [1.29, 1.82) is 0 Å². The maximum absolute atomic E-state index is 12.7. The number of likely N-dealkylation sites (N-methyl/N-ethyl adjacent to an activating group) is 2. The van der Waals surface area contributed by atoms with E-state index in [9.17, 15) is 9.90 Å². The lowest BCUT2D eigenvalue weighted by Crippen LogP contribution is -2.22. The van der Waals surface area contributed by atoms with Gasteiger partial charge in [-0.05, 0) is 131 Å². The smallest absolute Gasteiger partial charge is 0.159 e. The average Bonchev–Trinajstić information content (AvgIpc) is 3.88. The summed E-state index contributed by atoms with van der Waals surface area (Å²) in [7, 11) is 4.34. The molecule has 282 valence electrons. The molecule has 0 unspecified atom stereocenters. The SMILES string of the molecule is CC(O)=CC(=O)CCc1ccccc1-c1cc(-c2ccccc2-c2ccc(N3CCN(C)C3)cc2)cc(-c2ccccc2-c2ccc(N3CCN(C)C3)cc2)c1. The number of hydrogen-bond donors (Lipinski definition) is 1. The van der Waals surface area contributed by atoms with Crippen LogP contribution in [0.25, 0.3) is 55.6 Å². The van der Waals surface area contributed by atoms with Gasteiger partial charge in [0, 0.05) is 50.1 Å². The van der Waals surface area contributed by atoms with Crippen LogP contribution in [0.1, 0.15) is 18.9 Å². The van der Waals surface area contributed by atoms with Gasteiger partial charge in [0.05, 0.1) is 19.1 Å². The minimum atomic E-state index is -0.0809. The van der Waals surface area contributed by atoms with E-state index in [2.05, 4.69) is 167 Å². The first kappa shape index (κ1) is 37.0. The Hall–Kier alpha value is -5.95. The minimum Gasteiger partial charge on any atom is -0.512 e. The molecule has 2 aliphatic rings. The molecule has 6 aromatic rings. The number of carbonyl (C=O) groups excluding carboxylic acids is 1. The van der Waals surface area contributed by atoms with Crippen molar-refractivity contribution in [2.45, 2.75) is 19.8 Å². The molecule has 6 heteroatoms. The molecular formula is C50H50N4O2. The number of aryl methyl sites for hydroxylation is 1. The van der Waals surface area contributed by atoms with Gasteiger partial charge in [-0.15, -0.1) is 0 Å². The number of nitrogens with zero attached hydrogens (tertiary/aromatic N) is 4. The van der Waals surface area contributed by atoms with Crippen LogP contribution in [0, 0.1) is 0 Å².